The number of halogens is 1. The van der Waals surface area contributed by atoms with Crippen molar-refractivity contribution in [3.05, 3.63) is 84.8 Å². The molecule has 5 rings (SSSR count). The van der Waals surface area contributed by atoms with Crippen LogP contribution in [0, 0.1) is 19.7 Å². The van der Waals surface area contributed by atoms with Crippen molar-refractivity contribution in [2.75, 3.05) is 11.1 Å². The number of rotatable bonds is 6. The molecule has 0 aliphatic heterocycles. The van der Waals surface area contributed by atoms with Crippen LogP contribution in [0.5, 0.6) is 11.8 Å². The Balaban J connectivity index is 1.63. The number of carbonyl (C=O) groups excluding carboxylic acids is 1. The van der Waals surface area contributed by atoms with Gasteiger partial charge in [-0.3, -0.25) is 9.78 Å². The zero-order valence-electron chi connectivity index (χ0n) is 19.9. The van der Waals surface area contributed by atoms with Crippen molar-refractivity contribution in [2.45, 2.75) is 13.8 Å². The van der Waals surface area contributed by atoms with Crippen LogP contribution < -0.4 is 15.8 Å². The van der Waals surface area contributed by atoms with Crippen LogP contribution in [0.25, 0.3) is 28.1 Å². The lowest BCUT2D eigenvalue weighted by atomic mass is 10.1. The van der Waals surface area contributed by atoms with Crippen LogP contribution >= 0.6 is 0 Å². The van der Waals surface area contributed by atoms with Gasteiger partial charge in [0.25, 0.3) is 0 Å². The maximum absolute atomic E-state index is 15.3. The Morgan fingerprint density at radius 2 is 1.97 bits per heavy atom. The van der Waals surface area contributed by atoms with Gasteiger partial charge in [0.15, 0.2) is 17.4 Å². The Hall–Kier alpha value is -5.19. The van der Waals surface area contributed by atoms with Crippen molar-refractivity contribution in [3.63, 3.8) is 0 Å². The molecule has 0 saturated carbocycles. The van der Waals surface area contributed by atoms with E-state index in [9.17, 15) is 4.79 Å². The molecule has 0 unspecified atom stereocenters. The molecule has 0 fully saturated rings. The lowest BCUT2D eigenvalue weighted by Crippen LogP contribution is -2.07. The van der Waals surface area contributed by atoms with Gasteiger partial charge < -0.3 is 20.4 Å². The molecule has 10 nitrogen and oxygen atoms in total. The zero-order valence-corrected chi connectivity index (χ0v) is 19.9. The van der Waals surface area contributed by atoms with E-state index in [-0.39, 0.29) is 23.5 Å². The summed E-state index contributed by atoms with van der Waals surface area (Å²) in [6.07, 6.45) is 5.60. The van der Waals surface area contributed by atoms with Crippen molar-refractivity contribution in [3.8, 4) is 28.8 Å². The summed E-state index contributed by atoms with van der Waals surface area (Å²) >= 11 is 0. The van der Waals surface area contributed by atoms with Crippen molar-refractivity contribution < 1.29 is 13.9 Å². The summed E-state index contributed by atoms with van der Waals surface area (Å²) in [5, 5.41) is 2.66. The maximum atomic E-state index is 15.3. The van der Waals surface area contributed by atoms with E-state index in [2.05, 4.69) is 36.8 Å². The van der Waals surface area contributed by atoms with E-state index in [4.69, 9.17) is 10.5 Å². The predicted molar refractivity (Wildman–Crippen MR) is 137 cm³/mol. The largest absolute Gasteiger partial charge is 0.421 e. The van der Waals surface area contributed by atoms with E-state index in [0.29, 0.717) is 39.5 Å². The molecule has 0 saturated heterocycles. The summed E-state index contributed by atoms with van der Waals surface area (Å²) in [4.78, 5) is 32.9. The second-order valence-corrected chi connectivity index (χ2v) is 8.09. The van der Waals surface area contributed by atoms with E-state index < -0.39 is 5.82 Å². The standard InChI is InChI=1S/C26H21FN8O2/c1-4-21(36)34-16-5-7-19(30-12-16)23-15(3)22-24(25(28)32-13-31-22)35(23)17-6-8-20(18(27)11-17)37-26-29-10-9-14(2)33-26/h4-13H,1H2,2-3H3,(H,34,36)(H2,28,31,32). The molecule has 0 radical (unpaired) electrons. The third kappa shape index (κ3) is 4.45. The molecule has 5 aromatic rings. The second kappa shape index (κ2) is 9.46. The van der Waals surface area contributed by atoms with E-state index in [1.165, 1.54) is 36.9 Å². The molecule has 37 heavy (non-hydrogen) atoms. The molecule has 0 spiro atoms. The summed E-state index contributed by atoms with van der Waals surface area (Å²) in [6, 6.07) is 9.69. The third-order valence-electron chi connectivity index (χ3n) is 5.61. The number of pyridine rings is 1. The molecule has 0 bridgehead atoms. The first-order chi connectivity index (χ1) is 17.9. The maximum Gasteiger partial charge on any atom is 0.322 e. The Labute approximate surface area is 210 Å². The number of benzene rings is 1. The normalized spacial score (nSPS) is 10.9. The highest BCUT2D eigenvalue weighted by Gasteiger charge is 2.22. The summed E-state index contributed by atoms with van der Waals surface area (Å²) in [5.74, 6) is -0.785. The van der Waals surface area contributed by atoms with Gasteiger partial charge in [0.05, 0.1) is 28.8 Å². The fraction of sp³-hybridized carbons (Fsp3) is 0.0769. The Morgan fingerprint density at radius 1 is 1.14 bits per heavy atom. The third-order valence-corrected chi connectivity index (χ3v) is 5.61. The van der Waals surface area contributed by atoms with E-state index in [1.54, 1.807) is 35.8 Å². The number of fused-ring (bicyclic) bond motifs is 1. The highest BCUT2D eigenvalue weighted by Crippen LogP contribution is 2.37. The first-order valence-electron chi connectivity index (χ1n) is 11.1. The summed E-state index contributed by atoms with van der Waals surface area (Å²) in [6.45, 7) is 7.11. The summed E-state index contributed by atoms with van der Waals surface area (Å²) in [5.41, 5.74) is 11.0. The Bertz CT molecular complexity index is 1660. The molecular weight excluding hydrogens is 475 g/mol. The van der Waals surface area contributed by atoms with Crippen LogP contribution in [-0.4, -0.2) is 35.4 Å². The minimum Gasteiger partial charge on any atom is -0.421 e. The number of amides is 1. The number of nitrogens with one attached hydrogen (secondary N) is 1. The van der Waals surface area contributed by atoms with Crippen LogP contribution in [-0.2, 0) is 4.79 Å². The minimum absolute atomic E-state index is 0.0336. The van der Waals surface area contributed by atoms with E-state index in [0.717, 1.165) is 5.56 Å². The van der Waals surface area contributed by atoms with Crippen LogP contribution in [0.4, 0.5) is 15.9 Å². The zero-order chi connectivity index (χ0) is 26.1. The molecule has 11 heteroatoms. The van der Waals surface area contributed by atoms with Crippen molar-refractivity contribution in [1.82, 2.24) is 29.5 Å². The molecule has 0 atom stereocenters. The average Bonchev–Trinajstić information content (AvgIpc) is 3.19. The summed E-state index contributed by atoms with van der Waals surface area (Å²) < 4.78 is 22.6. The number of nitrogens with two attached hydrogens (primary N) is 1. The molecule has 1 amide bonds. The molecule has 0 aliphatic rings. The lowest BCUT2D eigenvalue weighted by Gasteiger charge is -2.14. The second-order valence-electron chi connectivity index (χ2n) is 8.09. The van der Waals surface area contributed by atoms with Gasteiger partial charge in [-0.05, 0) is 50.3 Å². The smallest absolute Gasteiger partial charge is 0.322 e. The Morgan fingerprint density at radius 3 is 2.68 bits per heavy atom. The monoisotopic (exact) mass is 496 g/mol. The number of nitrogens with zero attached hydrogens (tertiary/aromatic N) is 6. The molecule has 184 valence electrons. The average molecular weight is 497 g/mol. The van der Waals surface area contributed by atoms with Crippen LogP contribution in [0.3, 0.4) is 0 Å². The van der Waals surface area contributed by atoms with Gasteiger partial charge in [-0.15, -0.1) is 0 Å². The lowest BCUT2D eigenvalue weighted by molar-refractivity contribution is -0.111. The topological polar surface area (TPSA) is 134 Å². The number of ether oxygens (including phenoxy) is 1. The minimum atomic E-state index is -0.626. The number of anilines is 2. The number of hydrogen-bond acceptors (Lipinski definition) is 8. The predicted octanol–water partition coefficient (Wildman–Crippen LogP) is 4.53. The number of carbonyl (C=O) groups is 1. The van der Waals surface area contributed by atoms with E-state index in [1.807, 2.05) is 6.92 Å². The van der Waals surface area contributed by atoms with Crippen molar-refractivity contribution in [2.24, 2.45) is 0 Å². The highest BCUT2D eigenvalue weighted by molar-refractivity contribution is 5.99. The van der Waals surface area contributed by atoms with Gasteiger partial charge >= 0.3 is 6.01 Å². The molecule has 0 aliphatic carbocycles. The van der Waals surface area contributed by atoms with Gasteiger partial charge in [-0.25, -0.2) is 24.3 Å². The summed E-state index contributed by atoms with van der Waals surface area (Å²) in [7, 11) is 0. The molecule has 1 aromatic carbocycles. The molecule has 3 N–H and O–H groups in total. The van der Waals surface area contributed by atoms with Crippen LogP contribution in [0.1, 0.15) is 11.3 Å². The van der Waals surface area contributed by atoms with Crippen molar-refractivity contribution >= 4 is 28.4 Å². The van der Waals surface area contributed by atoms with E-state index >= 15 is 4.39 Å². The fourth-order valence-corrected chi connectivity index (χ4v) is 3.93. The quantitative estimate of drug-likeness (QED) is 0.328. The van der Waals surface area contributed by atoms with Gasteiger partial charge in [0, 0.05) is 29.2 Å². The number of nitrogen functional groups attached to an aromatic ring is 1. The van der Waals surface area contributed by atoms with Gasteiger partial charge in [-0.1, -0.05) is 6.58 Å². The van der Waals surface area contributed by atoms with Gasteiger partial charge in [-0.2, -0.15) is 0 Å². The van der Waals surface area contributed by atoms with Gasteiger partial charge in [0.1, 0.15) is 11.8 Å². The van der Waals surface area contributed by atoms with Gasteiger partial charge in [0.2, 0.25) is 5.91 Å². The Kier molecular flexibility index (Phi) is 6.02. The SMILES string of the molecule is C=CC(=O)Nc1ccc(-c2c(C)c3ncnc(N)c3n2-c2ccc(Oc3nccc(C)n3)c(F)c2)nc1. The molecule has 4 heterocycles. The van der Waals surface area contributed by atoms with Crippen molar-refractivity contribution in [1.29, 1.82) is 0 Å². The number of hydrogen-bond donors (Lipinski definition) is 2. The first-order valence-corrected chi connectivity index (χ1v) is 11.1. The molecular formula is C26H21FN8O2. The number of aromatic nitrogens is 6. The first kappa shape index (κ1) is 23.5. The number of aryl methyl sites for hydroxylation is 2. The molecule has 4 aromatic heterocycles. The fourth-order valence-electron chi connectivity index (χ4n) is 3.93. The highest BCUT2D eigenvalue weighted by atomic mass is 19.1. The van der Waals surface area contributed by atoms with Crippen LogP contribution in [0.2, 0.25) is 0 Å². The van der Waals surface area contributed by atoms with Crippen LogP contribution in [0.15, 0.2) is 67.8 Å².